The van der Waals surface area contributed by atoms with Gasteiger partial charge in [0, 0.05) is 25.6 Å². The monoisotopic (exact) mass is 521 g/mol. The number of carbonyl (C=O) groups is 2. The molecule has 11 heteroatoms. The molecule has 3 rings (SSSR count). The lowest BCUT2D eigenvalue weighted by molar-refractivity contribution is -0.167. The highest BCUT2D eigenvalue weighted by molar-refractivity contribution is 9.11. The van der Waals surface area contributed by atoms with Gasteiger partial charge in [-0.2, -0.15) is 4.98 Å². The predicted octanol–water partition coefficient (Wildman–Crippen LogP) is 1.78. The number of nitrogen functional groups attached to an aromatic ring is 1. The van der Waals surface area contributed by atoms with Gasteiger partial charge in [-0.15, -0.1) is 0 Å². The summed E-state index contributed by atoms with van der Waals surface area (Å²) in [7, 11) is 0. The fourth-order valence-corrected chi connectivity index (χ4v) is 4.15. The van der Waals surface area contributed by atoms with Gasteiger partial charge in [0.25, 0.3) is 0 Å². The highest BCUT2D eigenvalue weighted by atomic mass is 79.9. The molecule has 2 aromatic rings. The lowest BCUT2D eigenvalue weighted by Crippen LogP contribution is -2.49. The molecule has 1 aliphatic heterocycles. The molecule has 0 bridgehead atoms. The molecule has 3 N–H and O–H groups in total. The number of benzene rings is 1. The van der Waals surface area contributed by atoms with Crippen LogP contribution >= 0.6 is 15.9 Å². The standard InChI is InChI=1S/C22H24BrN3O7/c1-12-6-4-5-7-16(12)22(30)17(11-31-13(2)27)33-20(18(22)32-14(3)28)26-10-15(8-9-23)19(24)25-21(26)29/h4-10,17-18,20,30H,11H2,1-3H3,(H2,24,25,29)/t17-,18+,20-,22+/m1/s1. The van der Waals surface area contributed by atoms with Gasteiger partial charge < -0.3 is 25.1 Å². The number of aromatic nitrogens is 2. The van der Waals surface area contributed by atoms with Gasteiger partial charge in [0.15, 0.2) is 17.9 Å². The molecule has 0 saturated carbocycles. The fourth-order valence-electron chi connectivity index (χ4n) is 3.87. The van der Waals surface area contributed by atoms with E-state index in [1.54, 1.807) is 37.3 Å². The molecule has 0 spiro atoms. The van der Waals surface area contributed by atoms with Crippen LogP contribution in [0.3, 0.4) is 0 Å². The Hall–Kier alpha value is -3.02. The van der Waals surface area contributed by atoms with Gasteiger partial charge in [-0.3, -0.25) is 14.2 Å². The van der Waals surface area contributed by atoms with Crippen LogP contribution in [-0.2, 0) is 29.4 Å². The maximum absolute atomic E-state index is 12.8. The number of hydrogen-bond donors (Lipinski definition) is 2. The van der Waals surface area contributed by atoms with Crippen molar-refractivity contribution in [3.05, 3.63) is 62.6 Å². The van der Waals surface area contributed by atoms with E-state index >= 15 is 0 Å². The van der Waals surface area contributed by atoms with E-state index in [4.69, 9.17) is 19.9 Å². The van der Waals surface area contributed by atoms with Crippen molar-refractivity contribution in [2.45, 2.75) is 44.8 Å². The number of carbonyl (C=O) groups excluding carboxylic acids is 2. The Balaban J connectivity index is 2.22. The van der Waals surface area contributed by atoms with Gasteiger partial charge >= 0.3 is 17.6 Å². The van der Waals surface area contributed by atoms with Crippen molar-refractivity contribution in [1.29, 1.82) is 0 Å². The first-order valence-electron chi connectivity index (χ1n) is 9.99. The highest BCUT2D eigenvalue weighted by Crippen LogP contribution is 2.46. The summed E-state index contributed by atoms with van der Waals surface area (Å²) in [6, 6.07) is 6.91. The zero-order chi connectivity index (χ0) is 24.3. The molecule has 1 aromatic heterocycles. The van der Waals surface area contributed by atoms with Crippen LogP contribution in [0.5, 0.6) is 0 Å². The summed E-state index contributed by atoms with van der Waals surface area (Å²) in [6.07, 6.45) is -0.882. The fraction of sp³-hybridized carbons (Fsp3) is 0.364. The maximum Gasteiger partial charge on any atom is 0.351 e. The molecule has 2 heterocycles. The molecular weight excluding hydrogens is 498 g/mol. The Kier molecular flexibility index (Phi) is 7.35. The summed E-state index contributed by atoms with van der Waals surface area (Å²) in [6.45, 7) is 3.82. The number of nitrogens with zero attached hydrogens (tertiary/aromatic N) is 2. The van der Waals surface area contributed by atoms with Crippen LogP contribution in [-0.4, -0.2) is 45.4 Å². The Labute approximate surface area is 198 Å². The van der Waals surface area contributed by atoms with Gasteiger partial charge in [0.2, 0.25) is 0 Å². The summed E-state index contributed by atoms with van der Waals surface area (Å²) in [5.41, 5.74) is 4.57. The molecule has 1 fully saturated rings. The zero-order valence-electron chi connectivity index (χ0n) is 18.2. The Bertz CT molecular complexity index is 1150. The van der Waals surface area contributed by atoms with Crippen LogP contribution in [0.25, 0.3) is 6.08 Å². The van der Waals surface area contributed by atoms with Crippen molar-refractivity contribution in [1.82, 2.24) is 9.55 Å². The first-order valence-corrected chi connectivity index (χ1v) is 10.9. The summed E-state index contributed by atoms with van der Waals surface area (Å²) in [5.74, 6) is -1.31. The maximum atomic E-state index is 12.8. The Morgan fingerprint density at radius 3 is 2.64 bits per heavy atom. The first kappa shape index (κ1) is 24.6. The second kappa shape index (κ2) is 9.86. The van der Waals surface area contributed by atoms with Crippen molar-refractivity contribution < 1.29 is 28.9 Å². The largest absolute Gasteiger partial charge is 0.463 e. The molecule has 0 aliphatic carbocycles. The van der Waals surface area contributed by atoms with Gasteiger partial charge in [-0.25, -0.2) is 4.79 Å². The average molecular weight is 522 g/mol. The highest BCUT2D eigenvalue weighted by Gasteiger charge is 2.60. The summed E-state index contributed by atoms with van der Waals surface area (Å²) >= 11 is 3.15. The lowest BCUT2D eigenvalue weighted by atomic mass is 9.82. The molecule has 33 heavy (non-hydrogen) atoms. The molecule has 1 aromatic carbocycles. The minimum absolute atomic E-state index is 0.0142. The number of esters is 2. The minimum atomic E-state index is -1.95. The number of anilines is 1. The summed E-state index contributed by atoms with van der Waals surface area (Å²) in [4.78, 5) is 41.6. The third-order valence-electron chi connectivity index (χ3n) is 5.32. The third-order valence-corrected chi connectivity index (χ3v) is 5.59. The van der Waals surface area contributed by atoms with Crippen LogP contribution in [0.1, 0.15) is 36.8 Å². The van der Waals surface area contributed by atoms with E-state index in [1.165, 1.54) is 25.0 Å². The van der Waals surface area contributed by atoms with Crippen molar-refractivity contribution in [2.24, 2.45) is 0 Å². The lowest BCUT2D eigenvalue weighted by Gasteiger charge is -2.34. The first-order chi connectivity index (χ1) is 15.6. The van der Waals surface area contributed by atoms with Crippen molar-refractivity contribution in [2.75, 3.05) is 12.3 Å². The van der Waals surface area contributed by atoms with Gasteiger partial charge in [-0.1, -0.05) is 40.2 Å². The average Bonchev–Trinajstić information content (AvgIpc) is 3.01. The van der Waals surface area contributed by atoms with E-state index in [2.05, 4.69) is 20.9 Å². The topological polar surface area (TPSA) is 143 Å². The molecule has 0 radical (unpaired) electrons. The SMILES string of the molecule is CC(=O)OC[C@H]1O[C@@H](n2cc(C=CBr)c(N)nc2=O)[C@H](OC(C)=O)[C@]1(O)c1ccccc1C. The van der Waals surface area contributed by atoms with Crippen molar-refractivity contribution >= 4 is 39.8 Å². The minimum Gasteiger partial charge on any atom is -0.463 e. The summed E-state index contributed by atoms with van der Waals surface area (Å²) < 4.78 is 17.8. The van der Waals surface area contributed by atoms with Gasteiger partial charge in [-0.05, 0) is 29.1 Å². The van der Waals surface area contributed by atoms with Crippen LogP contribution in [0.15, 0.2) is 40.2 Å². The number of ether oxygens (including phenoxy) is 3. The number of nitrogens with two attached hydrogens (primary N) is 1. The van der Waals surface area contributed by atoms with E-state index in [0.717, 1.165) is 4.57 Å². The molecule has 0 amide bonds. The molecule has 1 saturated heterocycles. The van der Waals surface area contributed by atoms with Crippen LogP contribution < -0.4 is 11.4 Å². The van der Waals surface area contributed by atoms with Gasteiger partial charge in [0.1, 0.15) is 18.5 Å². The molecular formula is C22H24BrN3O7. The molecule has 0 unspecified atom stereocenters. The van der Waals surface area contributed by atoms with Crippen LogP contribution in [0.2, 0.25) is 0 Å². The Morgan fingerprint density at radius 2 is 2.03 bits per heavy atom. The number of aryl methyl sites for hydroxylation is 1. The van der Waals surface area contributed by atoms with Gasteiger partial charge in [0.05, 0.1) is 0 Å². The van der Waals surface area contributed by atoms with E-state index in [1.807, 2.05) is 0 Å². The number of rotatable bonds is 6. The van der Waals surface area contributed by atoms with Crippen molar-refractivity contribution in [3.63, 3.8) is 0 Å². The normalized spacial score (nSPS) is 24.7. The number of halogens is 1. The summed E-state index contributed by atoms with van der Waals surface area (Å²) in [5, 5.41) is 12.0. The molecule has 1 aliphatic rings. The molecule has 176 valence electrons. The van der Waals surface area contributed by atoms with E-state index in [0.29, 0.717) is 16.7 Å². The second-order valence-corrected chi connectivity index (χ2v) is 8.08. The second-order valence-electron chi connectivity index (χ2n) is 7.55. The van der Waals surface area contributed by atoms with Crippen LogP contribution in [0.4, 0.5) is 5.82 Å². The number of aliphatic hydroxyl groups is 1. The quantitative estimate of drug-likeness (QED) is 0.543. The van der Waals surface area contributed by atoms with E-state index in [9.17, 15) is 19.5 Å². The van der Waals surface area contributed by atoms with E-state index < -0.39 is 41.7 Å². The Morgan fingerprint density at radius 1 is 1.33 bits per heavy atom. The smallest absolute Gasteiger partial charge is 0.351 e. The zero-order valence-corrected chi connectivity index (χ0v) is 19.8. The van der Waals surface area contributed by atoms with E-state index in [-0.39, 0.29) is 12.4 Å². The molecule has 10 nitrogen and oxygen atoms in total. The number of hydrogen-bond acceptors (Lipinski definition) is 9. The van der Waals surface area contributed by atoms with Crippen LogP contribution in [0, 0.1) is 6.92 Å². The molecule has 4 atom stereocenters. The van der Waals surface area contributed by atoms with Crippen molar-refractivity contribution in [3.8, 4) is 0 Å². The predicted molar refractivity (Wildman–Crippen MR) is 122 cm³/mol. The third kappa shape index (κ3) is 4.85.